The molecule has 0 bridgehead atoms. The van der Waals surface area contributed by atoms with E-state index in [0.717, 1.165) is 16.6 Å². The molecule has 3 nitrogen and oxygen atoms in total. The van der Waals surface area contributed by atoms with Gasteiger partial charge in [-0.25, -0.2) is 9.37 Å². The molecule has 1 N–H and O–H groups in total. The third kappa shape index (κ3) is 2.05. The van der Waals surface area contributed by atoms with E-state index in [1.54, 1.807) is 12.1 Å². The van der Waals surface area contributed by atoms with Gasteiger partial charge < -0.3 is 9.72 Å². The molecule has 96 valence electrons. The number of imidazole rings is 1. The highest BCUT2D eigenvalue weighted by molar-refractivity contribution is 5.80. The number of rotatable bonds is 2. The molecule has 1 aromatic heterocycles. The molecule has 0 saturated heterocycles. The second-order valence-corrected chi connectivity index (χ2v) is 4.46. The predicted molar refractivity (Wildman–Crippen MR) is 72.8 cm³/mol. The minimum Gasteiger partial charge on any atom is -0.494 e. The summed E-state index contributed by atoms with van der Waals surface area (Å²) >= 11 is 0. The van der Waals surface area contributed by atoms with Gasteiger partial charge in [-0.05, 0) is 42.8 Å². The van der Waals surface area contributed by atoms with Crippen LogP contribution in [0.5, 0.6) is 5.75 Å². The maximum absolute atomic E-state index is 13.4. The molecule has 0 spiro atoms. The van der Waals surface area contributed by atoms with Crippen LogP contribution in [0.15, 0.2) is 36.4 Å². The van der Waals surface area contributed by atoms with Crippen molar-refractivity contribution in [3.8, 4) is 17.1 Å². The number of aryl methyl sites for hydroxylation is 1. The lowest BCUT2D eigenvalue weighted by atomic mass is 10.2. The topological polar surface area (TPSA) is 37.9 Å². The van der Waals surface area contributed by atoms with E-state index in [9.17, 15) is 4.39 Å². The minimum atomic E-state index is -0.377. The second kappa shape index (κ2) is 4.39. The number of ether oxygens (including phenoxy) is 1. The average Bonchev–Trinajstić information content (AvgIpc) is 2.82. The van der Waals surface area contributed by atoms with Gasteiger partial charge in [0.15, 0.2) is 11.6 Å². The Bertz CT molecular complexity index is 749. The van der Waals surface area contributed by atoms with Crippen LogP contribution in [0.25, 0.3) is 22.4 Å². The molecule has 4 heteroatoms. The lowest BCUT2D eigenvalue weighted by Gasteiger charge is -2.03. The van der Waals surface area contributed by atoms with Gasteiger partial charge in [-0.15, -0.1) is 0 Å². The van der Waals surface area contributed by atoms with Crippen molar-refractivity contribution in [3.05, 3.63) is 47.8 Å². The van der Waals surface area contributed by atoms with Gasteiger partial charge in [0, 0.05) is 5.56 Å². The van der Waals surface area contributed by atoms with Crippen molar-refractivity contribution in [3.63, 3.8) is 0 Å². The van der Waals surface area contributed by atoms with Gasteiger partial charge in [0.05, 0.1) is 18.1 Å². The summed E-state index contributed by atoms with van der Waals surface area (Å²) in [4.78, 5) is 7.73. The Balaban J connectivity index is 2.13. The van der Waals surface area contributed by atoms with Gasteiger partial charge in [0.1, 0.15) is 5.82 Å². The van der Waals surface area contributed by atoms with Crippen molar-refractivity contribution in [2.75, 3.05) is 7.11 Å². The second-order valence-electron chi connectivity index (χ2n) is 4.46. The molecule has 0 fully saturated rings. The first-order valence-corrected chi connectivity index (χ1v) is 5.97. The van der Waals surface area contributed by atoms with E-state index in [2.05, 4.69) is 9.97 Å². The maximum atomic E-state index is 13.4. The van der Waals surface area contributed by atoms with E-state index >= 15 is 0 Å². The Morgan fingerprint density at radius 3 is 2.79 bits per heavy atom. The summed E-state index contributed by atoms with van der Waals surface area (Å²) in [5, 5.41) is 0. The fourth-order valence-corrected chi connectivity index (χ4v) is 2.07. The number of aromatic nitrogens is 2. The largest absolute Gasteiger partial charge is 0.494 e. The number of H-pyrrole nitrogens is 1. The molecule has 2 aromatic carbocycles. The van der Waals surface area contributed by atoms with Gasteiger partial charge in [-0.3, -0.25) is 0 Å². The van der Waals surface area contributed by atoms with Gasteiger partial charge in [0.25, 0.3) is 0 Å². The summed E-state index contributed by atoms with van der Waals surface area (Å²) in [7, 11) is 1.45. The highest BCUT2D eigenvalue weighted by atomic mass is 19.1. The summed E-state index contributed by atoms with van der Waals surface area (Å²) in [6.07, 6.45) is 0. The van der Waals surface area contributed by atoms with E-state index in [1.165, 1.54) is 18.7 Å². The zero-order valence-electron chi connectivity index (χ0n) is 10.7. The Kier molecular flexibility index (Phi) is 2.71. The molecule has 0 amide bonds. The number of aromatic amines is 1. The number of nitrogens with one attached hydrogen (secondary N) is 1. The van der Waals surface area contributed by atoms with E-state index in [0.29, 0.717) is 5.82 Å². The van der Waals surface area contributed by atoms with Crippen LogP contribution in [-0.2, 0) is 0 Å². The number of methoxy groups -OCH3 is 1. The lowest BCUT2D eigenvalue weighted by molar-refractivity contribution is 0.387. The summed E-state index contributed by atoms with van der Waals surface area (Å²) < 4.78 is 18.4. The van der Waals surface area contributed by atoms with Gasteiger partial charge in [-0.2, -0.15) is 0 Å². The summed E-state index contributed by atoms with van der Waals surface area (Å²) in [5.74, 6) is 0.547. The lowest BCUT2D eigenvalue weighted by Crippen LogP contribution is -1.89. The Morgan fingerprint density at radius 2 is 2.00 bits per heavy atom. The first-order valence-electron chi connectivity index (χ1n) is 5.97. The third-order valence-corrected chi connectivity index (χ3v) is 3.06. The summed E-state index contributed by atoms with van der Waals surface area (Å²) in [5.41, 5.74) is 3.83. The Hall–Kier alpha value is -2.36. The number of hydrogen-bond donors (Lipinski definition) is 1. The number of benzene rings is 2. The summed E-state index contributed by atoms with van der Waals surface area (Å²) in [6, 6.07) is 10.7. The van der Waals surface area contributed by atoms with Crippen LogP contribution in [0, 0.1) is 12.7 Å². The smallest absolute Gasteiger partial charge is 0.165 e. The average molecular weight is 256 g/mol. The Labute approximate surface area is 110 Å². The number of nitrogens with zero attached hydrogens (tertiary/aromatic N) is 1. The molecule has 3 rings (SSSR count). The zero-order chi connectivity index (χ0) is 13.4. The fourth-order valence-electron chi connectivity index (χ4n) is 2.07. The van der Waals surface area contributed by atoms with E-state index < -0.39 is 0 Å². The first kappa shape index (κ1) is 11.7. The number of halogens is 1. The molecular weight excluding hydrogens is 243 g/mol. The van der Waals surface area contributed by atoms with Crippen molar-refractivity contribution in [2.24, 2.45) is 0 Å². The van der Waals surface area contributed by atoms with E-state index in [-0.39, 0.29) is 11.6 Å². The fraction of sp³-hybridized carbons (Fsp3) is 0.133. The quantitative estimate of drug-likeness (QED) is 0.759. The van der Waals surface area contributed by atoms with E-state index in [4.69, 9.17) is 4.74 Å². The molecule has 1 heterocycles. The van der Waals surface area contributed by atoms with Crippen molar-refractivity contribution in [1.29, 1.82) is 0 Å². The maximum Gasteiger partial charge on any atom is 0.165 e. The minimum absolute atomic E-state index is 0.217. The van der Waals surface area contributed by atoms with Crippen LogP contribution in [0.4, 0.5) is 4.39 Å². The molecule has 3 aromatic rings. The highest BCUT2D eigenvalue weighted by Crippen LogP contribution is 2.26. The van der Waals surface area contributed by atoms with Crippen LogP contribution in [0.1, 0.15) is 5.56 Å². The molecule has 0 radical (unpaired) electrons. The van der Waals surface area contributed by atoms with Crippen LogP contribution in [0.3, 0.4) is 0 Å². The van der Waals surface area contributed by atoms with Crippen molar-refractivity contribution in [1.82, 2.24) is 9.97 Å². The number of hydrogen-bond acceptors (Lipinski definition) is 2. The van der Waals surface area contributed by atoms with Crippen molar-refractivity contribution in [2.45, 2.75) is 6.92 Å². The van der Waals surface area contributed by atoms with Crippen LogP contribution in [0.2, 0.25) is 0 Å². The van der Waals surface area contributed by atoms with Crippen molar-refractivity contribution >= 4 is 11.0 Å². The molecule has 0 atom stereocenters. The normalized spacial score (nSPS) is 10.9. The predicted octanol–water partition coefficient (Wildman–Crippen LogP) is 3.69. The molecule has 0 aliphatic rings. The van der Waals surface area contributed by atoms with E-state index in [1.807, 2.05) is 25.1 Å². The van der Waals surface area contributed by atoms with Crippen LogP contribution < -0.4 is 4.74 Å². The molecule has 0 saturated carbocycles. The number of fused-ring (bicyclic) bond motifs is 1. The standard InChI is InChI=1S/C15H13FN2O/c1-9-3-6-12-13(7-9)18-15(17-12)10-4-5-11(16)14(8-10)19-2/h3-8H,1-2H3,(H,17,18). The summed E-state index contributed by atoms with van der Waals surface area (Å²) in [6.45, 7) is 2.03. The van der Waals surface area contributed by atoms with Crippen LogP contribution in [-0.4, -0.2) is 17.1 Å². The van der Waals surface area contributed by atoms with Crippen LogP contribution >= 0.6 is 0 Å². The molecular formula is C15H13FN2O. The SMILES string of the molecule is COc1cc(-c2nc3ccc(C)cc3[nH]2)ccc1F. The monoisotopic (exact) mass is 256 g/mol. The first-order chi connectivity index (χ1) is 9.17. The van der Waals surface area contributed by atoms with Gasteiger partial charge in [-0.1, -0.05) is 6.07 Å². The van der Waals surface area contributed by atoms with Gasteiger partial charge in [0.2, 0.25) is 0 Å². The Morgan fingerprint density at radius 1 is 1.16 bits per heavy atom. The zero-order valence-corrected chi connectivity index (χ0v) is 10.7. The third-order valence-electron chi connectivity index (χ3n) is 3.06. The molecule has 0 aliphatic heterocycles. The molecule has 0 unspecified atom stereocenters. The van der Waals surface area contributed by atoms with Gasteiger partial charge >= 0.3 is 0 Å². The molecule has 19 heavy (non-hydrogen) atoms. The molecule has 0 aliphatic carbocycles. The van der Waals surface area contributed by atoms with Crippen molar-refractivity contribution < 1.29 is 9.13 Å². The highest BCUT2D eigenvalue weighted by Gasteiger charge is 2.09.